The zero-order valence-corrected chi connectivity index (χ0v) is 10.3. The highest BCUT2D eigenvalue weighted by Gasteiger charge is 2.17. The van der Waals surface area contributed by atoms with Crippen LogP contribution in [-0.2, 0) is 0 Å². The van der Waals surface area contributed by atoms with Crippen molar-refractivity contribution < 1.29 is 9.53 Å². The molecule has 0 saturated heterocycles. The number of ketones is 1. The van der Waals surface area contributed by atoms with Gasteiger partial charge >= 0.3 is 0 Å². The topological polar surface area (TPSA) is 39.2 Å². The van der Waals surface area contributed by atoms with Crippen molar-refractivity contribution in [3.63, 3.8) is 0 Å². The summed E-state index contributed by atoms with van der Waals surface area (Å²) < 4.78 is 5.90. The van der Waals surface area contributed by atoms with E-state index in [1.54, 1.807) is 25.3 Å². The molecule has 0 bridgehead atoms. The summed E-state index contributed by atoms with van der Waals surface area (Å²) in [6.07, 6.45) is 9.08. The third kappa shape index (κ3) is 3.29. The largest absolute Gasteiger partial charge is 0.474 e. The Balaban J connectivity index is 2.09. The molecule has 0 spiro atoms. The van der Waals surface area contributed by atoms with Crippen LogP contribution in [0.3, 0.4) is 0 Å². The number of hydrogen-bond donors (Lipinski definition) is 0. The molecule has 1 aromatic rings. The lowest BCUT2D eigenvalue weighted by Crippen LogP contribution is -2.17. The Kier molecular flexibility index (Phi) is 4.13. The smallest absolute Gasteiger partial charge is 0.224 e. The quantitative estimate of drug-likeness (QED) is 0.593. The predicted octanol–water partition coefficient (Wildman–Crippen LogP) is 3.39. The highest BCUT2D eigenvalue weighted by atomic mass is 16.5. The molecule has 0 atom stereocenters. The fraction of sp³-hybridized carbons (Fsp3) is 0.571. The summed E-state index contributed by atoms with van der Waals surface area (Å²) in [6.45, 7) is 1.55. The summed E-state index contributed by atoms with van der Waals surface area (Å²) in [5.74, 6) is 0.522. The summed E-state index contributed by atoms with van der Waals surface area (Å²) in [7, 11) is 0. The number of Topliss-reactive ketones (excluding diaryl/α,β-unsaturated/α-hetero) is 1. The minimum Gasteiger partial charge on any atom is -0.474 e. The second-order valence-electron chi connectivity index (χ2n) is 4.64. The molecule has 0 N–H and O–H groups in total. The van der Waals surface area contributed by atoms with Gasteiger partial charge in [0, 0.05) is 6.20 Å². The highest BCUT2D eigenvalue weighted by Crippen LogP contribution is 2.23. The minimum absolute atomic E-state index is 0.0155. The molecule has 0 aliphatic heterocycles. The summed E-state index contributed by atoms with van der Waals surface area (Å²) in [4.78, 5) is 15.6. The third-order valence-corrected chi connectivity index (χ3v) is 3.23. The second kappa shape index (κ2) is 5.80. The number of hydrogen-bond acceptors (Lipinski definition) is 3. The fourth-order valence-electron chi connectivity index (χ4n) is 2.27. The molecule has 2 rings (SSSR count). The number of carbonyl (C=O) groups excluding carboxylic acids is 1. The van der Waals surface area contributed by atoms with Crippen molar-refractivity contribution in [1.29, 1.82) is 0 Å². The monoisotopic (exact) mass is 233 g/mol. The van der Waals surface area contributed by atoms with Gasteiger partial charge in [0.05, 0.1) is 5.56 Å². The predicted molar refractivity (Wildman–Crippen MR) is 66.4 cm³/mol. The van der Waals surface area contributed by atoms with Crippen molar-refractivity contribution in [3.8, 4) is 5.88 Å². The van der Waals surface area contributed by atoms with Crippen molar-refractivity contribution in [2.75, 3.05) is 0 Å². The van der Waals surface area contributed by atoms with Crippen molar-refractivity contribution in [1.82, 2.24) is 4.98 Å². The van der Waals surface area contributed by atoms with Crippen LogP contribution >= 0.6 is 0 Å². The van der Waals surface area contributed by atoms with Gasteiger partial charge in [-0.15, -0.1) is 0 Å². The average molecular weight is 233 g/mol. The zero-order valence-electron chi connectivity index (χ0n) is 10.3. The number of nitrogens with zero attached hydrogens (tertiary/aromatic N) is 1. The number of rotatable bonds is 3. The maximum atomic E-state index is 11.5. The van der Waals surface area contributed by atoms with Crippen LogP contribution in [-0.4, -0.2) is 16.9 Å². The number of pyridine rings is 1. The molecular weight excluding hydrogens is 214 g/mol. The molecule has 17 heavy (non-hydrogen) atoms. The van der Waals surface area contributed by atoms with E-state index in [9.17, 15) is 4.79 Å². The Bertz CT molecular complexity index is 382. The van der Waals surface area contributed by atoms with Crippen molar-refractivity contribution in [3.05, 3.63) is 23.9 Å². The van der Waals surface area contributed by atoms with Crippen molar-refractivity contribution in [2.24, 2.45) is 0 Å². The van der Waals surface area contributed by atoms with E-state index in [0.717, 1.165) is 12.8 Å². The van der Waals surface area contributed by atoms with Gasteiger partial charge in [0.15, 0.2) is 5.78 Å². The second-order valence-corrected chi connectivity index (χ2v) is 4.64. The number of aromatic nitrogens is 1. The van der Waals surface area contributed by atoms with Crippen LogP contribution < -0.4 is 4.74 Å². The van der Waals surface area contributed by atoms with E-state index in [1.165, 1.54) is 25.7 Å². The van der Waals surface area contributed by atoms with Gasteiger partial charge < -0.3 is 4.74 Å². The average Bonchev–Trinajstić information content (AvgIpc) is 2.58. The van der Waals surface area contributed by atoms with E-state index in [1.807, 2.05) is 0 Å². The first kappa shape index (κ1) is 12.1. The molecule has 1 saturated carbocycles. The van der Waals surface area contributed by atoms with E-state index in [4.69, 9.17) is 4.74 Å². The minimum atomic E-state index is 0.0155. The Labute approximate surface area is 102 Å². The molecule has 1 fully saturated rings. The summed E-state index contributed by atoms with van der Waals surface area (Å²) in [6, 6.07) is 3.55. The van der Waals surface area contributed by atoms with Gasteiger partial charge in [0.2, 0.25) is 5.88 Å². The fourth-order valence-corrected chi connectivity index (χ4v) is 2.27. The van der Waals surface area contributed by atoms with E-state index >= 15 is 0 Å². The van der Waals surface area contributed by atoms with E-state index < -0.39 is 0 Å². The molecule has 0 unspecified atom stereocenters. The van der Waals surface area contributed by atoms with Gasteiger partial charge in [-0.25, -0.2) is 4.98 Å². The van der Waals surface area contributed by atoms with Crippen LogP contribution in [0.15, 0.2) is 18.3 Å². The summed E-state index contributed by atoms with van der Waals surface area (Å²) >= 11 is 0. The van der Waals surface area contributed by atoms with Crippen LogP contribution in [0.1, 0.15) is 55.8 Å². The van der Waals surface area contributed by atoms with E-state index in [-0.39, 0.29) is 11.9 Å². The molecule has 1 aliphatic rings. The van der Waals surface area contributed by atoms with Gasteiger partial charge in [-0.3, -0.25) is 4.79 Å². The molecule has 1 aromatic heterocycles. The molecule has 3 heteroatoms. The summed E-state index contributed by atoms with van der Waals surface area (Å²) in [5.41, 5.74) is 0.594. The lowest BCUT2D eigenvalue weighted by molar-refractivity contribution is 0.100. The lowest BCUT2D eigenvalue weighted by atomic mass is 10.1. The Morgan fingerprint density at radius 2 is 2.00 bits per heavy atom. The zero-order chi connectivity index (χ0) is 12.1. The van der Waals surface area contributed by atoms with Gasteiger partial charge in [-0.2, -0.15) is 0 Å². The first-order valence-electron chi connectivity index (χ1n) is 6.40. The Hall–Kier alpha value is -1.38. The van der Waals surface area contributed by atoms with Crippen molar-refractivity contribution >= 4 is 5.78 Å². The van der Waals surface area contributed by atoms with Crippen molar-refractivity contribution in [2.45, 2.75) is 51.6 Å². The van der Waals surface area contributed by atoms with Crippen LogP contribution in [0.5, 0.6) is 5.88 Å². The molecule has 1 aliphatic carbocycles. The molecule has 0 radical (unpaired) electrons. The van der Waals surface area contributed by atoms with Gasteiger partial charge in [-0.05, 0) is 44.7 Å². The van der Waals surface area contributed by atoms with Crippen LogP contribution in [0, 0.1) is 0 Å². The molecule has 92 valence electrons. The Morgan fingerprint density at radius 3 is 2.65 bits per heavy atom. The maximum Gasteiger partial charge on any atom is 0.224 e. The first-order chi connectivity index (χ1) is 8.27. The van der Waals surface area contributed by atoms with Gasteiger partial charge in [0.25, 0.3) is 0 Å². The standard InChI is InChI=1S/C14H19NO2/c1-11(16)13-9-6-10-15-14(13)17-12-7-4-2-3-5-8-12/h6,9-10,12H,2-5,7-8H2,1H3. The van der Waals surface area contributed by atoms with Crippen LogP contribution in [0.25, 0.3) is 0 Å². The number of ether oxygens (including phenoxy) is 1. The SMILES string of the molecule is CC(=O)c1cccnc1OC1CCCCCC1. The molecule has 3 nitrogen and oxygen atoms in total. The molecule has 0 aromatic carbocycles. The van der Waals surface area contributed by atoms with Crippen LogP contribution in [0.4, 0.5) is 0 Å². The number of carbonyl (C=O) groups is 1. The Morgan fingerprint density at radius 1 is 1.29 bits per heavy atom. The maximum absolute atomic E-state index is 11.5. The van der Waals surface area contributed by atoms with E-state index in [0.29, 0.717) is 11.4 Å². The van der Waals surface area contributed by atoms with Gasteiger partial charge in [0.1, 0.15) is 6.10 Å². The normalized spacial score (nSPS) is 17.5. The molecular formula is C14H19NO2. The summed E-state index contributed by atoms with van der Waals surface area (Å²) in [5, 5.41) is 0. The van der Waals surface area contributed by atoms with Gasteiger partial charge in [-0.1, -0.05) is 12.8 Å². The van der Waals surface area contributed by atoms with E-state index in [2.05, 4.69) is 4.98 Å². The molecule has 1 heterocycles. The lowest BCUT2D eigenvalue weighted by Gasteiger charge is -2.17. The van der Waals surface area contributed by atoms with Crippen LogP contribution in [0.2, 0.25) is 0 Å². The first-order valence-corrected chi connectivity index (χ1v) is 6.40. The third-order valence-electron chi connectivity index (χ3n) is 3.23. The molecule has 0 amide bonds. The highest BCUT2D eigenvalue weighted by molar-refractivity contribution is 5.96.